The van der Waals surface area contributed by atoms with Crippen LogP contribution in [0.1, 0.15) is 45.6 Å². The first-order valence-corrected chi connectivity index (χ1v) is 15.4. The summed E-state index contributed by atoms with van der Waals surface area (Å²) in [6, 6.07) is 8.00. The summed E-state index contributed by atoms with van der Waals surface area (Å²) in [6.45, 7) is 9.10. The first-order valence-electron chi connectivity index (χ1n) is 13.3. The number of piperidine rings is 1. The summed E-state index contributed by atoms with van der Waals surface area (Å²) in [4.78, 5) is 17.6. The molecule has 2 aromatic heterocycles. The Bertz CT molecular complexity index is 1490. The quantitative estimate of drug-likeness (QED) is 0.445. The van der Waals surface area contributed by atoms with Crippen molar-refractivity contribution < 1.29 is 17.9 Å². The predicted molar refractivity (Wildman–Crippen MR) is 154 cm³/mol. The average Bonchev–Trinajstić information content (AvgIpc) is 2.82. The van der Waals surface area contributed by atoms with Gasteiger partial charge in [0.2, 0.25) is 5.95 Å². The minimum atomic E-state index is -3.00. The zero-order valence-electron chi connectivity index (χ0n) is 23.1. The van der Waals surface area contributed by atoms with E-state index in [1.165, 1.54) is 25.7 Å². The minimum Gasteiger partial charge on any atom is -0.387 e. The molecule has 0 radical (unpaired) electrons. The number of anilines is 4. The summed E-state index contributed by atoms with van der Waals surface area (Å²) in [5, 5.41) is 15.8. The summed E-state index contributed by atoms with van der Waals surface area (Å²) in [7, 11) is -3.00. The van der Waals surface area contributed by atoms with Gasteiger partial charge in [0.1, 0.15) is 21.5 Å². The van der Waals surface area contributed by atoms with Gasteiger partial charge in [-0.3, -0.25) is 0 Å². The van der Waals surface area contributed by atoms with Crippen LogP contribution in [0.15, 0.2) is 36.7 Å². The molecule has 0 spiro atoms. The molecule has 0 bridgehead atoms. The molecule has 0 aliphatic carbocycles. The van der Waals surface area contributed by atoms with Crippen LogP contribution >= 0.6 is 0 Å². The van der Waals surface area contributed by atoms with Gasteiger partial charge < -0.3 is 20.2 Å². The van der Waals surface area contributed by atoms with Gasteiger partial charge in [0.15, 0.2) is 5.67 Å². The molecule has 2 atom stereocenters. The van der Waals surface area contributed by atoms with Crippen LogP contribution in [0.5, 0.6) is 0 Å². The summed E-state index contributed by atoms with van der Waals surface area (Å²) < 4.78 is 38.5. The van der Waals surface area contributed by atoms with Crippen molar-refractivity contribution in [3.8, 4) is 0 Å². The number of pyridine rings is 1. The van der Waals surface area contributed by atoms with Gasteiger partial charge in [-0.25, -0.2) is 22.8 Å². The number of benzene rings is 1. The summed E-state index contributed by atoms with van der Waals surface area (Å²) in [5.74, 6) is 2.21. The smallest absolute Gasteiger partial charge is 0.227 e. The van der Waals surface area contributed by atoms with Gasteiger partial charge in [0, 0.05) is 55.3 Å². The lowest BCUT2D eigenvalue weighted by Gasteiger charge is -2.45. The van der Waals surface area contributed by atoms with Crippen molar-refractivity contribution in [1.29, 1.82) is 0 Å². The Morgan fingerprint density at radius 3 is 2.54 bits per heavy atom. The van der Waals surface area contributed by atoms with Crippen molar-refractivity contribution in [2.75, 3.05) is 53.3 Å². The molecular formula is C28H37FN6O3S. The largest absolute Gasteiger partial charge is 0.387 e. The topological polar surface area (TPSA) is 112 Å². The maximum atomic E-state index is 15.1. The van der Waals surface area contributed by atoms with Crippen molar-refractivity contribution in [2.45, 2.75) is 51.3 Å². The number of alkyl halides is 1. The highest BCUT2D eigenvalue weighted by Crippen LogP contribution is 2.38. The number of fused-ring (bicyclic) bond motifs is 1. The second-order valence-electron chi connectivity index (χ2n) is 11.8. The highest BCUT2D eigenvalue weighted by molar-refractivity contribution is 7.90. The van der Waals surface area contributed by atoms with Crippen molar-refractivity contribution >= 4 is 43.9 Å². The molecule has 2 N–H and O–H groups in total. The number of aromatic nitrogens is 3. The molecule has 4 heterocycles. The van der Waals surface area contributed by atoms with Gasteiger partial charge in [-0.2, -0.15) is 4.98 Å². The van der Waals surface area contributed by atoms with Gasteiger partial charge in [0.25, 0.3) is 0 Å². The van der Waals surface area contributed by atoms with Crippen LogP contribution in [-0.2, 0) is 9.84 Å². The molecule has 11 heteroatoms. The van der Waals surface area contributed by atoms with E-state index in [2.05, 4.69) is 51.1 Å². The van der Waals surface area contributed by atoms with Crippen molar-refractivity contribution in [1.82, 2.24) is 15.0 Å². The monoisotopic (exact) mass is 556 g/mol. The van der Waals surface area contributed by atoms with Gasteiger partial charge >= 0.3 is 0 Å². The zero-order valence-corrected chi connectivity index (χ0v) is 24.0. The van der Waals surface area contributed by atoms with E-state index in [1.807, 2.05) is 12.3 Å². The van der Waals surface area contributed by atoms with E-state index in [-0.39, 0.29) is 24.6 Å². The number of rotatable bonds is 7. The van der Waals surface area contributed by atoms with Crippen molar-refractivity contribution in [3.05, 3.63) is 42.2 Å². The van der Waals surface area contributed by atoms with E-state index in [1.54, 1.807) is 17.2 Å². The minimum absolute atomic E-state index is 0.000252. The highest BCUT2D eigenvalue weighted by atomic mass is 32.2. The van der Waals surface area contributed by atoms with E-state index in [0.29, 0.717) is 43.1 Å². The fourth-order valence-electron chi connectivity index (χ4n) is 5.49. The van der Waals surface area contributed by atoms with Crippen LogP contribution in [0.25, 0.3) is 10.8 Å². The Labute approximate surface area is 229 Å². The van der Waals surface area contributed by atoms with Crippen molar-refractivity contribution in [2.24, 2.45) is 5.92 Å². The fourth-order valence-corrected chi connectivity index (χ4v) is 6.55. The van der Waals surface area contributed by atoms with Crippen molar-refractivity contribution in [3.63, 3.8) is 0 Å². The SMILES string of the molecule is CC(C)c1ccc(N2CC(CS(C)(=O)=O)C2)c2cnc(Nc3ccnc(N4CC[C@@](C)(O)[C@](C)(F)C4)n3)cc12. The lowest BCUT2D eigenvalue weighted by Crippen LogP contribution is -2.59. The number of sulfone groups is 1. The molecule has 1 aromatic carbocycles. The molecule has 0 saturated carbocycles. The molecule has 0 unspecified atom stereocenters. The number of aliphatic hydroxyl groups is 1. The first kappa shape index (κ1) is 27.5. The molecule has 2 saturated heterocycles. The Hall–Kier alpha value is -3.05. The Kier molecular flexibility index (Phi) is 6.95. The summed E-state index contributed by atoms with van der Waals surface area (Å²) in [6.07, 6.45) is 5.05. The second kappa shape index (κ2) is 9.85. The van der Waals surface area contributed by atoms with Crippen LogP contribution < -0.4 is 15.1 Å². The molecule has 210 valence electrons. The number of hydrogen-bond acceptors (Lipinski definition) is 9. The molecule has 2 fully saturated rings. The van der Waals surface area contributed by atoms with Gasteiger partial charge in [-0.05, 0) is 55.3 Å². The lowest BCUT2D eigenvalue weighted by molar-refractivity contribution is -0.0924. The van der Waals surface area contributed by atoms with Gasteiger partial charge in [-0.15, -0.1) is 0 Å². The van der Waals surface area contributed by atoms with E-state index in [0.717, 1.165) is 16.5 Å². The molecule has 2 aliphatic rings. The summed E-state index contributed by atoms with van der Waals surface area (Å²) in [5.41, 5.74) is -0.938. The second-order valence-corrected chi connectivity index (χ2v) is 14.0. The third kappa shape index (κ3) is 5.65. The molecule has 5 rings (SSSR count). The average molecular weight is 557 g/mol. The lowest BCUT2D eigenvalue weighted by atomic mass is 9.81. The zero-order chi connectivity index (χ0) is 28.2. The molecule has 2 aliphatic heterocycles. The predicted octanol–water partition coefficient (Wildman–Crippen LogP) is 4.06. The molecule has 39 heavy (non-hydrogen) atoms. The number of hydrogen-bond donors (Lipinski definition) is 2. The maximum Gasteiger partial charge on any atom is 0.227 e. The van der Waals surface area contributed by atoms with E-state index >= 15 is 4.39 Å². The highest BCUT2D eigenvalue weighted by Gasteiger charge is 2.48. The maximum absolute atomic E-state index is 15.1. The van der Waals surface area contributed by atoms with Crippen LogP contribution in [0.4, 0.5) is 27.7 Å². The van der Waals surface area contributed by atoms with Crippen LogP contribution in [0.2, 0.25) is 0 Å². The number of nitrogens with one attached hydrogen (secondary N) is 1. The van der Waals surface area contributed by atoms with Crippen LogP contribution in [0, 0.1) is 5.92 Å². The van der Waals surface area contributed by atoms with E-state index in [4.69, 9.17) is 0 Å². The third-order valence-corrected chi connectivity index (χ3v) is 9.11. The van der Waals surface area contributed by atoms with E-state index < -0.39 is 21.1 Å². The van der Waals surface area contributed by atoms with E-state index in [9.17, 15) is 13.5 Å². The first-order chi connectivity index (χ1) is 18.2. The molecule has 0 amide bonds. The normalized spacial score (nSPS) is 24.3. The van der Waals surface area contributed by atoms with Gasteiger partial charge in [0.05, 0.1) is 17.9 Å². The standard InChI is InChI=1S/C28H37FN6O3S/c1-18(2)20-6-7-23(35-14-19(15-35)16-39(5,37)38)22-13-31-25(12-21(20)22)32-24-8-10-30-26(33-24)34-11-9-28(4,36)27(3,29)17-34/h6-8,10,12-13,18-19,36H,9,11,14-17H2,1-5H3,(H,30,31,32,33)/t27-,28-/m1/s1. The Morgan fingerprint density at radius 2 is 1.87 bits per heavy atom. The Balaban J connectivity index is 1.39. The molecule has 3 aromatic rings. The fraction of sp³-hybridized carbons (Fsp3) is 0.536. The number of nitrogens with zero attached hydrogens (tertiary/aromatic N) is 5. The molecular weight excluding hydrogens is 519 g/mol. The van der Waals surface area contributed by atoms with Crippen LogP contribution in [-0.4, -0.2) is 77.9 Å². The number of halogens is 1. The molecule has 9 nitrogen and oxygen atoms in total. The Morgan fingerprint density at radius 1 is 1.13 bits per heavy atom. The van der Waals surface area contributed by atoms with Crippen LogP contribution in [0.3, 0.4) is 0 Å². The van der Waals surface area contributed by atoms with Gasteiger partial charge in [-0.1, -0.05) is 19.9 Å². The summed E-state index contributed by atoms with van der Waals surface area (Å²) >= 11 is 0. The third-order valence-electron chi connectivity index (χ3n) is 8.03.